The zero-order valence-electron chi connectivity index (χ0n) is 12.2. The van der Waals surface area contributed by atoms with Crippen LogP contribution in [-0.4, -0.2) is 18.5 Å². The van der Waals surface area contributed by atoms with Crippen LogP contribution < -0.4 is 5.68 Å². The highest BCUT2D eigenvalue weighted by atomic mass is 16.4. The zero-order valence-corrected chi connectivity index (χ0v) is 12.2. The molecule has 2 rings (SSSR count). The van der Waals surface area contributed by atoms with Crippen molar-refractivity contribution in [1.82, 2.24) is 4.57 Å². The van der Waals surface area contributed by atoms with Crippen molar-refractivity contribution in [3.8, 4) is 0 Å². The fourth-order valence-corrected chi connectivity index (χ4v) is 2.68. The van der Waals surface area contributed by atoms with Crippen LogP contribution in [0.3, 0.4) is 0 Å². The van der Waals surface area contributed by atoms with Crippen molar-refractivity contribution in [2.75, 3.05) is 0 Å². The van der Waals surface area contributed by atoms with Crippen LogP contribution in [0.25, 0.3) is 0 Å². The molecule has 1 aromatic heterocycles. The lowest BCUT2D eigenvalue weighted by Crippen LogP contribution is -2.28. The average molecular weight is 246 g/mol. The van der Waals surface area contributed by atoms with Crippen LogP contribution in [0.1, 0.15) is 65.0 Å². The van der Waals surface area contributed by atoms with E-state index in [1.54, 1.807) is 0 Å². The molecule has 0 bridgehead atoms. The molecule has 0 amide bonds. The molecule has 3 nitrogen and oxygen atoms in total. The summed E-state index contributed by atoms with van der Waals surface area (Å²) >= 11 is 0. The molecule has 1 aromatic rings. The SMILES string of the molecule is [B]C1(C)CCCc2c1oc(=NC(C)C)n2C(C)C. The minimum atomic E-state index is -0.352. The van der Waals surface area contributed by atoms with Crippen molar-refractivity contribution in [1.29, 1.82) is 0 Å². The van der Waals surface area contributed by atoms with E-state index in [-0.39, 0.29) is 11.4 Å². The third-order valence-corrected chi connectivity index (χ3v) is 3.47. The number of rotatable bonds is 2. The van der Waals surface area contributed by atoms with Gasteiger partial charge in [0.05, 0.1) is 13.5 Å². The Morgan fingerprint density at radius 1 is 1.33 bits per heavy atom. The van der Waals surface area contributed by atoms with Crippen LogP contribution in [0.5, 0.6) is 0 Å². The Hall–Kier alpha value is -0.925. The van der Waals surface area contributed by atoms with Gasteiger partial charge in [-0.05, 0) is 52.3 Å². The van der Waals surface area contributed by atoms with E-state index in [1.807, 2.05) is 0 Å². The van der Waals surface area contributed by atoms with Crippen LogP contribution in [0.2, 0.25) is 0 Å². The van der Waals surface area contributed by atoms with Gasteiger partial charge in [-0.25, -0.2) is 4.99 Å². The summed E-state index contributed by atoms with van der Waals surface area (Å²) in [5.74, 6) is 0.932. The van der Waals surface area contributed by atoms with Crippen LogP contribution in [0.4, 0.5) is 0 Å². The topological polar surface area (TPSA) is 30.4 Å². The molecule has 1 heterocycles. The Kier molecular flexibility index (Phi) is 3.48. The van der Waals surface area contributed by atoms with Gasteiger partial charge in [0.1, 0.15) is 5.76 Å². The van der Waals surface area contributed by atoms with Gasteiger partial charge in [-0.15, -0.1) is 0 Å². The Labute approximate surface area is 111 Å². The standard InChI is InChI=1S/C14H23BN2O/c1-9(2)16-13-17(10(3)4)11-7-6-8-14(5,15)12(11)18-13/h9-10H,6-8H2,1-5H3. The maximum Gasteiger partial charge on any atom is 0.297 e. The van der Waals surface area contributed by atoms with E-state index in [9.17, 15) is 0 Å². The highest BCUT2D eigenvalue weighted by Gasteiger charge is 2.33. The van der Waals surface area contributed by atoms with E-state index >= 15 is 0 Å². The number of aromatic nitrogens is 1. The molecule has 2 radical (unpaired) electrons. The summed E-state index contributed by atoms with van der Waals surface area (Å²) in [4.78, 5) is 4.59. The largest absolute Gasteiger partial charge is 0.429 e. The molecule has 0 spiro atoms. The average Bonchev–Trinajstić information content (AvgIpc) is 2.56. The monoisotopic (exact) mass is 246 g/mol. The molecule has 0 aliphatic heterocycles. The van der Waals surface area contributed by atoms with Crippen LogP contribution in [0, 0.1) is 0 Å². The Morgan fingerprint density at radius 2 is 2.00 bits per heavy atom. The first kappa shape index (κ1) is 13.5. The van der Waals surface area contributed by atoms with Crippen molar-refractivity contribution in [2.45, 2.75) is 71.3 Å². The Bertz CT molecular complexity index is 494. The molecule has 0 saturated heterocycles. The highest BCUT2D eigenvalue weighted by Crippen LogP contribution is 2.34. The van der Waals surface area contributed by atoms with Gasteiger partial charge in [-0.1, -0.05) is 6.92 Å². The smallest absolute Gasteiger partial charge is 0.297 e. The third-order valence-electron chi connectivity index (χ3n) is 3.47. The van der Waals surface area contributed by atoms with E-state index in [0.717, 1.165) is 30.7 Å². The summed E-state index contributed by atoms with van der Waals surface area (Å²) in [5, 5.41) is -0.352. The lowest BCUT2D eigenvalue weighted by atomic mass is 9.62. The summed E-state index contributed by atoms with van der Waals surface area (Å²) < 4.78 is 8.20. The molecule has 1 aliphatic carbocycles. The summed E-state index contributed by atoms with van der Waals surface area (Å²) in [7, 11) is 6.35. The first-order chi connectivity index (χ1) is 8.33. The van der Waals surface area contributed by atoms with Gasteiger partial charge < -0.3 is 4.42 Å². The lowest BCUT2D eigenvalue weighted by molar-refractivity contribution is 0.366. The van der Waals surface area contributed by atoms with Gasteiger partial charge in [0.25, 0.3) is 5.68 Å². The van der Waals surface area contributed by atoms with Crippen molar-refractivity contribution >= 4 is 7.85 Å². The van der Waals surface area contributed by atoms with E-state index in [0.29, 0.717) is 6.04 Å². The summed E-state index contributed by atoms with van der Waals surface area (Å²) in [5.41, 5.74) is 1.96. The van der Waals surface area contributed by atoms with E-state index < -0.39 is 0 Å². The van der Waals surface area contributed by atoms with Gasteiger partial charge in [-0.2, -0.15) is 0 Å². The number of hydrogen-bond acceptors (Lipinski definition) is 2. The van der Waals surface area contributed by atoms with Crippen molar-refractivity contribution < 1.29 is 4.42 Å². The molecular formula is C14H23BN2O. The molecule has 18 heavy (non-hydrogen) atoms. The molecular weight excluding hydrogens is 223 g/mol. The summed E-state index contributed by atoms with van der Waals surface area (Å²) in [6, 6.07) is 0.579. The molecule has 1 aliphatic rings. The van der Waals surface area contributed by atoms with Crippen LogP contribution in [-0.2, 0) is 11.7 Å². The minimum Gasteiger partial charge on any atom is -0.429 e. The quantitative estimate of drug-likeness (QED) is 0.738. The summed E-state index contributed by atoms with van der Waals surface area (Å²) in [6.45, 7) is 10.5. The van der Waals surface area contributed by atoms with Gasteiger partial charge in [0, 0.05) is 12.1 Å². The first-order valence-corrected chi connectivity index (χ1v) is 6.90. The van der Waals surface area contributed by atoms with Crippen molar-refractivity contribution in [3.63, 3.8) is 0 Å². The molecule has 1 atom stereocenters. The highest BCUT2D eigenvalue weighted by molar-refractivity contribution is 6.15. The normalized spacial score (nSPS) is 24.9. The molecule has 98 valence electrons. The summed E-state index contributed by atoms with van der Waals surface area (Å²) in [6.07, 6.45) is 3.14. The number of fused-ring (bicyclic) bond motifs is 1. The second-order valence-electron chi connectivity index (χ2n) is 6.12. The third kappa shape index (κ3) is 2.29. The first-order valence-electron chi connectivity index (χ1n) is 6.90. The van der Waals surface area contributed by atoms with E-state index in [4.69, 9.17) is 12.3 Å². The molecule has 0 saturated carbocycles. The lowest BCUT2D eigenvalue weighted by Gasteiger charge is -2.28. The Balaban J connectivity index is 2.67. The maximum absolute atomic E-state index is 6.35. The van der Waals surface area contributed by atoms with Gasteiger partial charge in [0.2, 0.25) is 0 Å². The predicted molar refractivity (Wildman–Crippen MR) is 73.8 cm³/mol. The maximum atomic E-state index is 6.35. The molecule has 1 unspecified atom stereocenters. The molecule has 0 fully saturated rings. The van der Waals surface area contributed by atoms with E-state index in [1.165, 1.54) is 5.69 Å². The van der Waals surface area contributed by atoms with Crippen LogP contribution in [0.15, 0.2) is 9.41 Å². The molecule has 0 N–H and O–H groups in total. The van der Waals surface area contributed by atoms with E-state index in [2.05, 4.69) is 44.2 Å². The van der Waals surface area contributed by atoms with Gasteiger partial charge >= 0.3 is 0 Å². The predicted octanol–water partition coefficient (Wildman–Crippen LogP) is 2.69. The second-order valence-corrected chi connectivity index (χ2v) is 6.12. The Morgan fingerprint density at radius 3 is 2.56 bits per heavy atom. The van der Waals surface area contributed by atoms with Crippen molar-refractivity contribution in [2.24, 2.45) is 4.99 Å². The molecule has 4 heteroatoms. The van der Waals surface area contributed by atoms with Crippen molar-refractivity contribution in [3.05, 3.63) is 17.1 Å². The zero-order chi connectivity index (χ0) is 13.5. The molecule has 0 aromatic carbocycles. The van der Waals surface area contributed by atoms with Gasteiger partial charge in [0.15, 0.2) is 0 Å². The number of oxazole rings is 1. The van der Waals surface area contributed by atoms with Gasteiger partial charge in [-0.3, -0.25) is 4.57 Å². The second kappa shape index (κ2) is 4.63. The minimum absolute atomic E-state index is 0.228. The van der Waals surface area contributed by atoms with Crippen LogP contribution >= 0.6 is 0 Å². The fourth-order valence-electron chi connectivity index (χ4n) is 2.68. The number of hydrogen-bond donors (Lipinski definition) is 0. The number of nitrogens with zero attached hydrogens (tertiary/aromatic N) is 2. The fraction of sp³-hybridized carbons (Fsp3) is 0.786.